The molecule has 0 unspecified atom stereocenters. The molecule has 116 valence electrons. The summed E-state index contributed by atoms with van der Waals surface area (Å²) >= 11 is 6.13. The molecule has 1 aliphatic carbocycles. The van der Waals surface area contributed by atoms with Gasteiger partial charge in [-0.1, -0.05) is 30.7 Å². The van der Waals surface area contributed by atoms with Gasteiger partial charge in [-0.25, -0.2) is 8.42 Å². The number of hydrogen-bond acceptors (Lipinski definition) is 3. The van der Waals surface area contributed by atoms with Crippen LogP contribution in [0.3, 0.4) is 0 Å². The third-order valence-electron chi connectivity index (χ3n) is 3.42. The van der Waals surface area contributed by atoms with Gasteiger partial charge in [-0.15, -0.1) is 6.58 Å². The second-order valence-electron chi connectivity index (χ2n) is 5.14. The van der Waals surface area contributed by atoms with E-state index in [1.165, 1.54) is 4.31 Å². The molecule has 0 radical (unpaired) electrons. The molecule has 2 rings (SSSR count). The van der Waals surface area contributed by atoms with Crippen molar-refractivity contribution in [2.45, 2.75) is 37.2 Å². The Bertz CT molecular complexity index is 612. The number of hydrogen-bond donors (Lipinski definition) is 1. The molecular weight excluding hydrogens is 308 g/mol. The van der Waals surface area contributed by atoms with E-state index >= 15 is 0 Å². The van der Waals surface area contributed by atoms with Crippen molar-refractivity contribution in [1.29, 1.82) is 0 Å². The summed E-state index contributed by atoms with van der Waals surface area (Å²) in [6.45, 7) is 7.43. The van der Waals surface area contributed by atoms with E-state index in [2.05, 4.69) is 11.9 Å². The Morgan fingerprint density at radius 3 is 2.76 bits per heavy atom. The SMILES string of the molecule is C=CCN(C1CC1)S(=O)(=O)c1cc(CNCC)ccc1Cl. The lowest BCUT2D eigenvalue weighted by molar-refractivity contribution is 0.436. The van der Waals surface area contributed by atoms with Gasteiger partial charge in [0.1, 0.15) is 4.90 Å². The molecule has 0 bridgehead atoms. The van der Waals surface area contributed by atoms with Gasteiger partial charge in [-0.05, 0) is 37.1 Å². The van der Waals surface area contributed by atoms with Gasteiger partial charge < -0.3 is 5.32 Å². The van der Waals surface area contributed by atoms with Gasteiger partial charge >= 0.3 is 0 Å². The second kappa shape index (κ2) is 6.92. The lowest BCUT2D eigenvalue weighted by atomic mass is 10.2. The Morgan fingerprint density at radius 1 is 1.48 bits per heavy atom. The Hall–Kier alpha value is -0.880. The molecular formula is C15H21ClN2O2S. The first-order valence-corrected chi connectivity index (χ1v) is 8.94. The van der Waals surface area contributed by atoms with Crippen molar-refractivity contribution >= 4 is 21.6 Å². The first-order valence-electron chi connectivity index (χ1n) is 7.12. The van der Waals surface area contributed by atoms with Gasteiger partial charge in [-0.2, -0.15) is 4.31 Å². The molecule has 1 aromatic carbocycles. The summed E-state index contributed by atoms with van der Waals surface area (Å²) in [4.78, 5) is 0.188. The smallest absolute Gasteiger partial charge is 0.245 e. The molecule has 1 saturated carbocycles. The van der Waals surface area contributed by atoms with Crippen molar-refractivity contribution in [3.05, 3.63) is 41.4 Å². The van der Waals surface area contributed by atoms with E-state index in [9.17, 15) is 8.42 Å². The zero-order valence-corrected chi connectivity index (χ0v) is 13.8. The monoisotopic (exact) mass is 328 g/mol. The number of rotatable bonds is 8. The first kappa shape index (κ1) is 16.5. The normalized spacial score (nSPS) is 15.4. The van der Waals surface area contributed by atoms with Crippen LogP contribution in [0.2, 0.25) is 5.02 Å². The number of nitrogens with zero attached hydrogens (tertiary/aromatic N) is 1. The molecule has 0 aliphatic heterocycles. The molecule has 1 aliphatic rings. The molecule has 0 atom stereocenters. The Kier molecular flexibility index (Phi) is 5.43. The summed E-state index contributed by atoms with van der Waals surface area (Å²) in [7, 11) is -3.58. The Balaban J connectivity index is 2.35. The van der Waals surface area contributed by atoms with Crippen molar-refractivity contribution in [3.63, 3.8) is 0 Å². The number of halogens is 1. The van der Waals surface area contributed by atoms with Gasteiger partial charge in [0.2, 0.25) is 10.0 Å². The van der Waals surface area contributed by atoms with Crippen molar-refractivity contribution in [2.75, 3.05) is 13.1 Å². The summed E-state index contributed by atoms with van der Waals surface area (Å²) in [6, 6.07) is 5.25. The van der Waals surface area contributed by atoms with E-state index in [1.54, 1.807) is 18.2 Å². The van der Waals surface area contributed by atoms with E-state index < -0.39 is 10.0 Å². The molecule has 21 heavy (non-hydrogen) atoms. The molecule has 0 aromatic heterocycles. The Labute approximate surface area is 131 Å². The summed E-state index contributed by atoms with van der Waals surface area (Å²) < 4.78 is 27.1. The molecule has 1 fully saturated rings. The molecule has 0 spiro atoms. The minimum Gasteiger partial charge on any atom is -0.313 e. The molecule has 6 heteroatoms. The van der Waals surface area contributed by atoms with Crippen LogP contribution in [0.25, 0.3) is 0 Å². The minimum atomic E-state index is -3.58. The fourth-order valence-corrected chi connectivity index (χ4v) is 4.37. The van der Waals surface area contributed by atoms with Crippen molar-refractivity contribution in [2.24, 2.45) is 0 Å². The number of nitrogens with one attached hydrogen (secondary N) is 1. The highest BCUT2D eigenvalue weighted by Crippen LogP contribution is 2.34. The maximum absolute atomic E-state index is 12.8. The summed E-state index contributed by atoms with van der Waals surface area (Å²) in [5, 5.41) is 3.45. The zero-order valence-electron chi connectivity index (χ0n) is 12.2. The lowest BCUT2D eigenvalue weighted by Crippen LogP contribution is -2.33. The van der Waals surface area contributed by atoms with Crippen LogP contribution in [0.1, 0.15) is 25.3 Å². The zero-order chi connectivity index (χ0) is 15.5. The highest BCUT2D eigenvalue weighted by atomic mass is 35.5. The molecule has 4 nitrogen and oxygen atoms in total. The van der Waals surface area contributed by atoms with Crippen LogP contribution >= 0.6 is 11.6 Å². The van der Waals surface area contributed by atoms with Crippen LogP contribution in [-0.2, 0) is 16.6 Å². The van der Waals surface area contributed by atoms with Gasteiger partial charge in [0, 0.05) is 19.1 Å². The average molecular weight is 329 g/mol. The average Bonchev–Trinajstić information content (AvgIpc) is 3.28. The summed E-state index contributed by atoms with van der Waals surface area (Å²) in [5.41, 5.74) is 0.911. The van der Waals surface area contributed by atoms with Crippen LogP contribution in [0.4, 0.5) is 0 Å². The maximum atomic E-state index is 12.8. The third-order valence-corrected chi connectivity index (χ3v) is 5.82. The largest absolute Gasteiger partial charge is 0.313 e. The van der Waals surface area contributed by atoms with E-state index in [4.69, 9.17) is 11.6 Å². The molecule has 0 amide bonds. The second-order valence-corrected chi connectivity index (χ2v) is 7.41. The fraction of sp³-hybridized carbons (Fsp3) is 0.467. The van der Waals surface area contributed by atoms with Gasteiger partial charge in [0.15, 0.2) is 0 Å². The van der Waals surface area contributed by atoms with Gasteiger partial charge in [0.05, 0.1) is 5.02 Å². The lowest BCUT2D eigenvalue weighted by Gasteiger charge is -2.21. The van der Waals surface area contributed by atoms with Crippen LogP contribution in [-0.4, -0.2) is 31.9 Å². The van der Waals surface area contributed by atoms with E-state index in [0.29, 0.717) is 13.1 Å². The van der Waals surface area contributed by atoms with Crippen LogP contribution < -0.4 is 5.32 Å². The predicted molar refractivity (Wildman–Crippen MR) is 85.9 cm³/mol. The van der Waals surface area contributed by atoms with Gasteiger partial charge in [-0.3, -0.25) is 0 Å². The third kappa shape index (κ3) is 3.86. The van der Waals surface area contributed by atoms with Crippen LogP contribution in [0, 0.1) is 0 Å². The van der Waals surface area contributed by atoms with Crippen molar-refractivity contribution in [1.82, 2.24) is 9.62 Å². The Morgan fingerprint density at radius 2 is 2.19 bits per heavy atom. The molecule has 1 N–H and O–H groups in total. The van der Waals surface area contributed by atoms with Gasteiger partial charge in [0.25, 0.3) is 0 Å². The maximum Gasteiger partial charge on any atom is 0.245 e. The topological polar surface area (TPSA) is 49.4 Å². The highest BCUT2D eigenvalue weighted by Gasteiger charge is 2.38. The standard InChI is InChI=1S/C15H21ClN2O2S/c1-3-9-18(13-6-7-13)21(19,20)15-10-12(11-17-4-2)5-8-14(15)16/h3,5,8,10,13,17H,1,4,6-7,9,11H2,2H3. The van der Waals surface area contributed by atoms with E-state index in [0.717, 1.165) is 24.9 Å². The van der Waals surface area contributed by atoms with Crippen LogP contribution in [0.15, 0.2) is 35.7 Å². The quantitative estimate of drug-likeness (QED) is 0.746. The predicted octanol–water partition coefficient (Wildman–Crippen LogP) is 2.79. The fourth-order valence-electron chi connectivity index (χ4n) is 2.18. The van der Waals surface area contributed by atoms with Crippen LogP contribution in [0.5, 0.6) is 0 Å². The minimum absolute atomic E-state index is 0.0847. The molecule has 0 saturated heterocycles. The summed E-state index contributed by atoms with van der Waals surface area (Å²) in [5.74, 6) is 0. The van der Waals surface area contributed by atoms with E-state index in [-0.39, 0.29) is 16.0 Å². The van der Waals surface area contributed by atoms with Crippen molar-refractivity contribution in [3.8, 4) is 0 Å². The molecule has 1 aromatic rings. The molecule has 0 heterocycles. The van der Waals surface area contributed by atoms with Crippen molar-refractivity contribution < 1.29 is 8.42 Å². The first-order chi connectivity index (χ1) is 10.0. The number of sulfonamides is 1. The summed E-state index contributed by atoms with van der Waals surface area (Å²) in [6.07, 6.45) is 3.43. The van der Waals surface area contributed by atoms with E-state index in [1.807, 2.05) is 13.0 Å². The highest BCUT2D eigenvalue weighted by molar-refractivity contribution is 7.89. The number of benzene rings is 1.